The van der Waals surface area contributed by atoms with Gasteiger partial charge in [-0.25, -0.2) is 13.1 Å². The quantitative estimate of drug-likeness (QED) is 0.425. The SMILES string of the molecule is CNC(=O)[C@H](OC)[C@@H]1/C=C\[C@@H]2CC[C@H]2CN2C[C@@]3(CCCc4cc(Cl)ccc43)COc3ccc(cc32)C(=O)NS(=O)(=O)[C@H](C)[C@@H](C)C1. The lowest BCUT2D eigenvalue weighted by Crippen LogP contribution is -2.48. The Morgan fingerprint density at radius 1 is 1.17 bits per heavy atom. The summed E-state index contributed by atoms with van der Waals surface area (Å²) in [4.78, 5) is 28.8. The van der Waals surface area contributed by atoms with Gasteiger partial charge in [0.25, 0.3) is 5.91 Å². The highest BCUT2D eigenvalue weighted by Gasteiger charge is 2.43. The Morgan fingerprint density at radius 3 is 2.70 bits per heavy atom. The summed E-state index contributed by atoms with van der Waals surface area (Å²) in [5.74, 6) is -0.325. The average molecular weight is 684 g/mol. The molecule has 2 aromatic rings. The number of carbonyl (C=O) groups excluding carboxylic acids is 2. The van der Waals surface area contributed by atoms with Crippen molar-refractivity contribution in [2.75, 3.05) is 38.8 Å². The molecule has 1 fully saturated rings. The topological polar surface area (TPSA) is 114 Å². The molecular weight excluding hydrogens is 638 g/mol. The summed E-state index contributed by atoms with van der Waals surface area (Å²) in [6.45, 7) is 5.39. The van der Waals surface area contributed by atoms with E-state index in [4.69, 9.17) is 21.1 Å². The molecule has 0 radical (unpaired) electrons. The lowest BCUT2D eigenvalue weighted by atomic mass is 9.69. The highest BCUT2D eigenvalue weighted by Crippen LogP contribution is 2.46. The van der Waals surface area contributed by atoms with Crippen molar-refractivity contribution in [2.45, 2.75) is 69.1 Å². The zero-order chi connectivity index (χ0) is 33.5. The molecule has 2 N–H and O–H groups in total. The van der Waals surface area contributed by atoms with Crippen molar-refractivity contribution in [3.63, 3.8) is 0 Å². The van der Waals surface area contributed by atoms with Crippen molar-refractivity contribution in [1.29, 1.82) is 0 Å². The molecule has 2 aliphatic heterocycles. The largest absolute Gasteiger partial charge is 0.490 e. The fourth-order valence-corrected chi connectivity index (χ4v) is 9.51. The molecule has 9 nitrogen and oxygen atoms in total. The number of aryl methyl sites for hydroxylation is 1. The third-order valence-electron chi connectivity index (χ3n) is 11.2. The van der Waals surface area contributed by atoms with Crippen LogP contribution in [-0.2, 0) is 31.4 Å². The van der Waals surface area contributed by atoms with Gasteiger partial charge in [0.2, 0.25) is 15.9 Å². The standard InChI is InChI=1S/C36H46ClN3O6S/c1-22-16-26(33(45-4)35(42)38-3)9-7-24-8-10-28(24)19-40-20-36(15-5-6-25-17-29(37)12-13-30(25)36)21-46-32-14-11-27(18-31(32)40)34(41)39-47(43,44)23(22)2/h7,9,11-14,17-18,22-24,26,28,33H,5-6,8,10,15-16,19-21H2,1-4H3,(H,38,42)(H,39,41)/b9-7-/t22-,23+,24+,26+,28-,33+,36-/m0/s1. The smallest absolute Gasteiger partial charge is 0.264 e. The number of hydrogen-bond acceptors (Lipinski definition) is 7. The molecule has 0 aromatic heterocycles. The number of ether oxygens (including phenoxy) is 2. The van der Waals surface area contributed by atoms with Gasteiger partial charge >= 0.3 is 0 Å². The van der Waals surface area contributed by atoms with Crippen LogP contribution in [0.15, 0.2) is 48.6 Å². The summed E-state index contributed by atoms with van der Waals surface area (Å²) < 4.78 is 41.7. The van der Waals surface area contributed by atoms with Crippen LogP contribution in [0.25, 0.3) is 0 Å². The number of amides is 2. The van der Waals surface area contributed by atoms with E-state index in [0.717, 1.165) is 49.4 Å². The zero-order valence-corrected chi connectivity index (χ0v) is 29.2. The number of nitrogens with zero attached hydrogens (tertiary/aromatic N) is 1. The molecule has 2 amide bonds. The Morgan fingerprint density at radius 2 is 1.98 bits per heavy atom. The number of nitrogens with one attached hydrogen (secondary N) is 2. The summed E-state index contributed by atoms with van der Waals surface area (Å²) in [6.07, 6.45) is 8.92. The van der Waals surface area contributed by atoms with E-state index < -0.39 is 27.3 Å². The minimum atomic E-state index is -4.05. The second-order valence-electron chi connectivity index (χ2n) is 14.0. The highest BCUT2D eigenvalue weighted by molar-refractivity contribution is 7.90. The van der Waals surface area contributed by atoms with Crippen LogP contribution in [0.3, 0.4) is 0 Å². The van der Waals surface area contributed by atoms with Gasteiger partial charge in [-0.1, -0.05) is 36.7 Å². The van der Waals surface area contributed by atoms with E-state index in [1.54, 1.807) is 32.2 Å². The normalized spacial score (nSPS) is 31.6. The van der Waals surface area contributed by atoms with E-state index in [1.807, 2.05) is 13.0 Å². The van der Waals surface area contributed by atoms with E-state index in [9.17, 15) is 18.0 Å². The van der Waals surface area contributed by atoms with E-state index in [1.165, 1.54) is 18.2 Å². The number of benzene rings is 2. The van der Waals surface area contributed by atoms with Crippen LogP contribution in [0, 0.1) is 23.7 Å². The molecule has 4 aliphatic rings. The maximum absolute atomic E-state index is 13.6. The van der Waals surface area contributed by atoms with Gasteiger partial charge in [0.05, 0.1) is 17.5 Å². The van der Waals surface area contributed by atoms with E-state index in [0.29, 0.717) is 31.2 Å². The van der Waals surface area contributed by atoms with Crippen LogP contribution in [0.1, 0.15) is 67.4 Å². The van der Waals surface area contributed by atoms with Gasteiger partial charge in [-0.3, -0.25) is 9.59 Å². The van der Waals surface area contributed by atoms with Crippen molar-refractivity contribution in [1.82, 2.24) is 10.0 Å². The summed E-state index contributed by atoms with van der Waals surface area (Å²) in [5, 5.41) is 2.52. The molecule has 1 spiro atoms. The zero-order valence-electron chi connectivity index (χ0n) is 27.6. The van der Waals surface area contributed by atoms with Crippen molar-refractivity contribution in [3.05, 3.63) is 70.3 Å². The molecule has 1 saturated carbocycles. The van der Waals surface area contributed by atoms with Gasteiger partial charge in [0.1, 0.15) is 11.9 Å². The van der Waals surface area contributed by atoms with Crippen molar-refractivity contribution in [3.8, 4) is 5.75 Å². The molecule has 47 heavy (non-hydrogen) atoms. The average Bonchev–Trinajstić information content (AvgIpc) is 3.18. The fraction of sp³-hybridized carbons (Fsp3) is 0.556. The van der Waals surface area contributed by atoms with Crippen LogP contribution >= 0.6 is 11.6 Å². The fourth-order valence-electron chi connectivity index (χ4n) is 8.03. The number of sulfonamides is 1. The molecular formula is C36H46ClN3O6S. The first-order valence-electron chi connectivity index (χ1n) is 16.7. The number of carbonyl (C=O) groups is 2. The second-order valence-corrected chi connectivity index (χ2v) is 16.5. The Kier molecular flexibility index (Phi) is 9.67. The summed E-state index contributed by atoms with van der Waals surface area (Å²) in [5.41, 5.74) is 3.30. The Labute approximate surface area is 283 Å². The molecule has 6 rings (SSSR count). The van der Waals surface area contributed by atoms with Crippen LogP contribution < -0.4 is 19.7 Å². The van der Waals surface area contributed by atoms with Gasteiger partial charge in [0.15, 0.2) is 0 Å². The summed E-state index contributed by atoms with van der Waals surface area (Å²) in [7, 11) is -0.973. The van der Waals surface area contributed by atoms with Crippen molar-refractivity contribution >= 4 is 39.1 Å². The van der Waals surface area contributed by atoms with E-state index >= 15 is 0 Å². The highest BCUT2D eigenvalue weighted by atomic mass is 35.5. The molecule has 7 atom stereocenters. The van der Waals surface area contributed by atoms with Crippen molar-refractivity contribution < 1.29 is 27.5 Å². The number of rotatable bonds is 3. The minimum Gasteiger partial charge on any atom is -0.490 e. The molecule has 2 heterocycles. The van der Waals surface area contributed by atoms with Crippen molar-refractivity contribution in [2.24, 2.45) is 23.7 Å². The van der Waals surface area contributed by atoms with Gasteiger partial charge in [-0.05, 0) is 105 Å². The molecule has 2 aliphatic carbocycles. The Hall–Kier alpha value is -3.08. The Balaban J connectivity index is 1.42. The van der Waals surface area contributed by atoms with Crippen LogP contribution in [0.4, 0.5) is 5.69 Å². The molecule has 2 bridgehead atoms. The lowest BCUT2D eigenvalue weighted by Gasteiger charge is -2.44. The third-order valence-corrected chi connectivity index (χ3v) is 13.3. The Bertz CT molecular complexity index is 1660. The van der Waals surface area contributed by atoms with E-state index in [-0.39, 0.29) is 34.6 Å². The van der Waals surface area contributed by atoms with Gasteiger partial charge in [-0.15, -0.1) is 0 Å². The predicted molar refractivity (Wildman–Crippen MR) is 184 cm³/mol. The number of fused-ring (bicyclic) bond motifs is 4. The number of likely N-dealkylation sites (N-methyl/N-ethyl adjacent to an activating group) is 1. The first-order valence-corrected chi connectivity index (χ1v) is 18.7. The van der Waals surface area contributed by atoms with Crippen LogP contribution in [-0.4, -0.2) is 65.4 Å². The summed E-state index contributed by atoms with van der Waals surface area (Å²) >= 11 is 6.42. The first-order chi connectivity index (χ1) is 22.4. The first kappa shape index (κ1) is 33.8. The lowest BCUT2D eigenvalue weighted by molar-refractivity contribution is -0.133. The monoisotopic (exact) mass is 683 g/mol. The predicted octanol–water partition coefficient (Wildman–Crippen LogP) is 5.26. The van der Waals surface area contributed by atoms with E-state index in [2.05, 4.69) is 39.2 Å². The van der Waals surface area contributed by atoms with Crippen LogP contribution in [0.5, 0.6) is 5.75 Å². The number of anilines is 1. The van der Waals surface area contributed by atoms with Gasteiger partial charge in [-0.2, -0.15) is 0 Å². The number of halogens is 1. The maximum atomic E-state index is 13.6. The molecule has 0 saturated heterocycles. The molecule has 254 valence electrons. The number of allylic oxidation sites excluding steroid dienone is 1. The number of methoxy groups -OCH3 is 1. The second kappa shape index (κ2) is 13.4. The third kappa shape index (κ3) is 6.65. The van der Waals surface area contributed by atoms with Gasteiger partial charge in [0, 0.05) is 49.2 Å². The maximum Gasteiger partial charge on any atom is 0.264 e. The molecule has 2 aromatic carbocycles. The summed E-state index contributed by atoms with van der Waals surface area (Å²) in [6, 6.07) is 11.4. The molecule has 0 unspecified atom stereocenters. The molecule has 11 heteroatoms. The minimum absolute atomic E-state index is 0.257. The number of hydrogen-bond donors (Lipinski definition) is 2. The van der Waals surface area contributed by atoms with Crippen LogP contribution in [0.2, 0.25) is 5.02 Å². The van der Waals surface area contributed by atoms with Gasteiger partial charge < -0.3 is 19.7 Å².